The lowest BCUT2D eigenvalue weighted by Gasteiger charge is -2.15. The maximum absolute atomic E-state index is 13.5. The molecule has 0 atom stereocenters. The van der Waals surface area contributed by atoms with Crippen LogP contribution in [0.2, 0.25) is 5.02 Å². The molecule has 0 amide bonds. The number of benzene rings is 2. The SMILES string of the molecule is CCCCOc1cc(C)c(Cl)cc1S(=O)(=O)n1cc(C)nc1-c1ccccc1. The fourth-order valence-electron chi connectivity index (χ4n) is 2.82. The molecule has 2 aromatic carbocycles. The number of aromatic nitrogens is 2. The molecule has 0 bridgehead atoms. The van der Waals surface area contributed by atoms with Crippen molar-refractivity contribution in [3.63, 3.8) is 0 Å². The third-order valence-corrected chi connectivity index (χ3v) is 6.42. The Bertz CT molecular complexity index is 1080. The van der Waals surface area contributed by atoms with Crippen molar-refractivity contribution in [2.45, 2.75) is 38.5 Å². The van der Waals surface area contributed by atoms with E-state index in [4.69, 9.17) is 16.3 Å². The van der Waals surface area contributed by atoms with E-state index in [1.807, 2.05) is 37.3 Å². The third kappa shape index (κ3) is 4.08. The first-order chi connectivity index (χ1) is 13.3. The summed E-state index contributed by atoms with van der Waals surface area (Å²) in [6, 6.07) is 12.4. The van der Waals surface area contributed by atoms with Crippen LogP contribution in [0.4, 0.5) is 0 Å². The third-order valence-electron chi connectivity index (χ3n) is 4.34. The number of nitrogens with zero attached hydrogens (tertiary/aromatic N) is 2. The van der Waals surface area contributed by atoms with Crippen LogP contribution in [0, 0.1) is 13.8 Å². The van der Waals surface area contributed by atoms with Crippen molar-refractivity contribution in [1.29, 1.82) is 0 Å². The molecule has 0 fully saturated rings. The second kappa shape index (κ2) is 8.37. The lowest BCUT2D eigenvalue weighted by Crippen LogP contribution is -2.15. The first kappa shape index (κ1) is 20.4. The molecule has 0 aliphatic rings. The Morgan fingerprint density at radius 1 is 1.14 bits per heavy atom. The highest BCUT2D eigenvalue weighted by Crippen LogP contribution is 2.34. The van der Waals surface area contributed by atoms with Gasteiger partial charge in [0.25, 0.3) is 10.0 Å². The lowest BCUT2D eigenvalue weighted by molar-refractivity contribution is 0.301. The highest BCUT2D eigenvalue weighted by atomic mass is 35.5. The van der Waals surface area contributed by atoms with E-state index in [1.165, 1.54) is 16.2 Å². The topological polar surface area (TPSA) is 61.2 Å². The fourth-order valence-corrected chi connectivity index (χ4v) is 4.57. The molecule has 0 N–H and O–H groups in total. The van der Waals surface area contributed by atoms with Crippen molar-refractivity contribution in [3.05, 3.63) is 64.9 Å². The van der Waals surface area contributed by atoms with E-state index in [0.717, 1.165) is 18.4 Å². The molecule has 7 heteroatoms. The van der Waals surface area contributed by atoms with Gasteiger partial charge in [-0.15, -0.1) is 0 Å². The molecular weight excluding hydrogens is 396 g/mol. The Morgan fingerprint density at radius 2 is 1.86 bits per heavy atom. The summed E-state index contributed by atoms with van der Waals surface area (Å²) >= 11 is 6.26. The number of hydrogen-bond donors (Lipinski definition) is 0. The quantitative estimate of drug-likeness (QED) is 0.492. The normalized spacial score (nSPS) is 11.6. The fraction of sp³-hybridized carbons (Fsp3) is 0.286. The van der Waals surface area contributed by atoms with E-state index in [2.05, 4.69) is 11.9 Å². The summed E-state index contributed by atoms with van der Waals surface area (Å²) in [5, 5.41) is 0.375. The van der Waals surface area contributed by atoms with Crippen LogP contribution in [0.1, 0.15) is 31.0 Å². The highest BCUT2D eigenvalue weighted by Gasteiger charge is 2.27. The molecule has 1 aromatic heterocycles. The Balaban J connectivity index is 2.16. The molecule has 3 aromatic rings. The van der Waals surface area contributed by atoms with Crippen molar-refractivity contribution in [1.82, 2.24) is 8.96 Å². The molecule has 3 rings (SSSR count). The van der Waals surface area contributed by atoms with Crippen LogP contribution in [-0.2, 0) is 10.0 Å². The number of unbranched alkanes of at least 4 members (excludes halogenated alkanes) is 1. The molecule has 0 radical (unpaired) electrons. The van der Waals surface area contributed by atoms with Gasteiger partial charge in [0.05, 0.1) is 12.3 Å². The van der Waals surface area contributed by atoms with Gasteiger partial charge in [0.1, 0.15) is 10.6 Å². The molecule has 0 saturated heterocycles. The van der Waals surface area contributed by atoms with E-state index in [0.29, 0.717) is 34.5 Å². The number of ether oxygens (including phenoxy) is 1. The van der Waals surface area contributed by atoms with Crippen LogP contribution in [0.25, 0.3) is 11.4 Å². The second-order valence-electron chi connectivity index (χ2n) is 6.62. The van der Waals surface area contributed by atoms with Gasteiger partial charge in [-0.25, -0.2) is 17.4 Å². The number of hydrogen-bond acceptors (Lipinski definition) is 4. The average molecular weight is 419 g/mol. The van der Waals surface area contributed by atoms with Gasteiger partial charge < -0.3 is 4.74 Å². The van der Waals surface area contributed by atoms with Gasteiger partial charge in [0.2, 0.25) is 0 Å². The van der Waals surface area contributed by atoms with Gasteiger partial charge in [-0.1, -0.05) is 55.3 Å². The summed E-state index contributed by atoms with van der Waals surface area (Å²) in [5.41, 5.74) is 2.08. The summed E-state index contributed by atoms with van der Waals surface area (Å²) in [6.45, 7) is 6.07. The molecular formula is C21H23ClN2O3S. The van der Waals surface area contributed by atoms with Crippen molar-refractivity contribution in [2.24, 2.45) is 0 Å². The zero-order valence-electron chi connectivity index (χ0n) is 16.1. The Kier molecular flexibility index (Phi) is 6.10. The maximum atomic E-state index is 13.5. The summed E-state index contributed by atoms with van der Waals surface area (Å²) < 4.78 is 34.1. The minimum atomic E-state index is -3.96. The molecule has 0 saturated carbocycles. The van der Waals surface area contributed by atoms with E-state index in [-0.39, 0.29) is 4.90 Å². The number of rotatable bonds is 7. The van der Waals surface area contributed by atoms with Crippen LogP contribution < -0.4 is 4.74 Å². The van der Waals surface area contributed by atoms with E-state index in [1.54, 1.807) is 13.0 Å². The summed E-state index contributed by atoms with van der Waals surface area (Å²) in [4.78, 5) is 4.46. The van der Waals surface area contributed by atoms with E-state index >= 15 is 0 Å². The van der Waals surface area contributed by atoms with Crippen molar-refractivity contribution >= 4 is 21.6 Å². The summed E-state index contributed by atoms with van der Waals surface area (Å²) in [7, 11) is -3.96. The number of halogens is 1. The van der Waals surface area contributed by atoms with Gasteiger partial charge in [0, 0.05) is 16.8 Å². The molecule has 0 spiro atoms. The molecule has 1 heterocycles. The molecule has 0 aliphatic heterocycles. The van der Waals surface area contributed by atoms with Crippen molar-refractivity contribution in [3.8, 4) is 17.1 Å². The number of imidazole rings is 1. The van der Waals surface area contributed by atoms with Gasteiger partial charge in [-0.3, -0.25) is 0 Å². The largest absolute Gasteiger partial charge is 0.492 e. The predicted molar refractivity (Wildman–Crippen MR) is 112 cm³/mol. The van der Waals surface area contributed by atoms with Crippen LogP contribution >= 0.6 is 11.6 Å². The Labute approximate surface area is 171 Å². The standard InChI is InChI=1S/C21H23ClN2O3S/c1-4-5-11-27-19-12-15(2)18(22)13-20(19)28(25,26)24-14-16(3)23-21(24)17-9-7-6-8-10-17/h6-10,12-14H,4-5,11H2,1-3H3. The van der Waals surface area contributed by atoms with Gasteiger partial charge in [-0.05, 0) is 38.0 Å². The molecule has 28 heavy (non-hydrogen) atoms. The van der Waals surface area contributed by atoms with Crippen LogP contribution in [0.15, 0.2) is 53.6 Å². The average Bonchev–Trinajstić information content (AvgIpc) is 3.08. The van der Waals surface area contributed by atoms with E-state index in [9.17, 15) is 8.42 Å². The minimum absolute atomic E-state index is 0.0359. The maximum Gasteiger partial charge on any atom is 0.273 e. The second-order valence-corrected chi connectivity index (χ2v) is 8.81. The van der Waals surface area contributed by atoms with Crippen LogP contribution in [-0.4, -0.2) is 24.0 Å². The zero-order chi connectivity index (χ0) is 20.3. The molecule has 0 unspecified atom stereocenters. The van der Waals surface area contributed by atoms with Gasteiger partial charge in [0.15, 0.2) is 5.82 Å². The first-order valence-corrected chi connectivity index (χ1v) is 11.0. The number of aryl methyl sites for hydroxylation is 2. The van der Waals surface area contributed by atoms with Gasteiger partial charge >= 0.3 is 0 Å². The van der Waals surface area contributed by atoms with Crippen molar-refractivity contribution < 1.29 is 13.2 Å². The predicted octanol–water partition coefficient (Wildman–Crippen LogP) is 5.24. The smallest absolute Gasteiger partial charge is 0.273 e. The summed E-state index contributed by atoms with van der Waals surface area (Å²) in [5.74, 6) is 0.662. The highest BCUT2D eigenvalue weighted by molar-refractivity contribution is 7.90. The molecule has 148 valence electrons. The zero-order valence-corrected chi connectivity index (χ0v) is 17.7. The molecule has 5 nitrogen and oxygen atoms in total. The van der Waals surface area contributed by atoms with Crippen LogP contribution in [0.3, 0.4) is 0 Å². The molecule has 0 aliphatic carbocycles. The van der Waals surface area contributed by atoms with Crippen molar-refractivity contribution in [2.75, 3.05) is 6.61 Å². The van der Waals surface area contributed by atoms with Gasteiger partial charge in [-0.2, -0.15) is 0 Å². The Morgan fingerprint density at radius 3 is 2.54 bits per heavy atom. The minimum Gasteiger partial charge on any atom is -0.492 e. The Hall–Kier alpha value is -2.31. The van der Waals surface area contributed by atoms with Crippen LogP contribution in [0.5, 0.6) is 5.75 Å². The first-order valence-electron chi connectivity index (χ1n) is 9.14. The van der Waals surface area contributed by atoms with E-state index < -0.39 is 10.0 Å². The lowest BCUT2D eigenvalue weighted by atomic mass is 10.2. The summed E-state index contributed by atoms with van der Waals surface area (Å²) in [6.07, 6.45) is 3.30. The monoisotopic (exact) mass is 418 g/mol.